The van der Waals surface area contributed by atoms with Crippen molar-refractivity contribution in [1.82, 2.24) is 9.80 Å². The van der Waals surface area contributed by atoms with Crippen molar-refractivity contribution in [3.05, 3.63) is 64.6 Å². The van der Waals surface area contributed by atoms with E-state index in [0.29, 0.717) is 37.2 Å². The van der Waals surface area contributed by atoms with Gasteiger partial charge in [-0.15, -0.1) is 0 Å². The number of amides is 4. The standard InChI is InChI=1S/C21H20BrN3O3/c22-18-9-5-4-8-17(18)20(27)23-12-10-15(11-13-23)24-14-19(26)25(21(24)28)16-6-2-1-3-7-16/h1-9,15H,10-14H2. The van der Waals surface area contributed by atoms with Crippen LogP contribution in [0.1, 0.15) is 23.2 Å². The highest BCUT2D eigenvalue weighted by Gasteiger charge is 2.41. The Hall–Kier alpha value is -2.67. The predicted octanol–water partition coefficient (Wildman–Crippen LogP) is 3.52. The molecule has 0 aromatic heterocycles. The Bertz CT molecular complexity index is 910. The lowest BCUT2D eigenvalue weighted by Crippen LogP contribution is -2.48. The largest absolute Gasteiger partial charge is 0.338 e. The minimum absolute atomic E-state index is 0.0133. The fourth-order valence-corrected chi connectivity index (χ4v) is 4.28. The number of benzene rings is 2. The van der Waals surface area contributed by atoms with Crippen LogP contribution in [0, 0.1) is 0 Å². The zero-order valence-electron chi connectivity index (χ0n) is 15.3. The van der Waals surface area contributed by atoms with Crippen LogP contribution >= 0.6 is 15.9 Å². The summed E-state index contributed by atoms with van der Waals surface area (Å²) in [4.78, 5) is 42.7. The number of piperidine rings is 1. The highest BCUT2D eigenvalue weighted by atomic mass is 79.9. The van der Waals surface area contributed by atoms with Gasteiger partial charge in [-0.1, -0.05) is 30.3 Å². The van der Waals surface area contributed by atoms with Crippen LogP contribution in [0.15, 0.2) is 59.1 Å². The molecule has 2 aliphatic rings. The van der Waals surface area contributed by atoms with Crippen LogP contribution in [-0.4, -0.2) is 53.3 Å². The molecule has 2 heterocycles. The van der Waals surface area contributed by atoms with Gasteiger partial charge in [0.05, 0.1) is 11.3 Å². The second kappa shape index (κ2) is 7.75. The maximum absolute atomic E-state index is 12.8. The van der Waals surface area contributed by atoms with Gasteiger partial charge >= 0.3 is 6.03 Å². The van der Waals surface area contributed by atoms with Crippen LogP contribution in [0.4, 0.5) is 10.5 Å². The van der Waals surface area contributed by atoms with E-state index < -0.39 is 0 Å². The quantitative estimate of drug-likeness (QED) is 0.684. The van der Waals surface area contributed by atoms with Gasteiger partial charge in [-0.3, -0.25) is 9.59 Å². The molecule has 0 bridgehead atoms. The zero-order chi connectivity index (χ0) is 19.7. The molecule has 0 N–H and O–H groups in total. The Morgan fingerprint density at radius 1 is 0.929 bits per heavy atom. The van der Waals surface area contributed by atoms with Crippen molar-refractivity contribution in [1.29, 1.82) is 0 Å². The molecule has 2 saturated heterocycles. The molecule has 2 aliphatic heterocycles. The minimum Gasteiger partial charge on any atom is -0.338 e. The molecule has 7 heteroatoms. The van der Waals surface area contributed by atoms with Crippen molar-refractivity contribution in [3.63, 3.8) is 0 Å². The molecule has 6 nitrogen and oxygen atoms in total. The van der Waals surface area contributed by atoms with Gasteiger partial charge in [-0.2, -0.15) is 0 Å². The summed E-state index contributed by atoms with van der Waals surface area (Å²) in [7, 11) is 0. The summed E-state index contributed by atoms with van der Waals surface area (Å²) >= 11 is 3.43. The van der Waals surface area contributed by atoms with Crippen molar-refractivity contribution in [2.75, 3.05) is 24.5 Å². The first-order valence-electron chi connectivity index (χ1n) is 9.28. The highest BCUT2D eigenvalue weighted by molar-refractivity contribution is 9.10. The summed E-state index contributed by atoms with van der Waals surface area (Å²) in [5.41, 5.74) is 1.24. The lowest BCUT2D eigenvalue weighted by Gasteiger charge is -2.36. The van der Waals surface area contributed by atoms with Crippen LogP contribution in [0.25, 0.3) is 0 Å². The van der Waals surface area contributed by atoms with Gasteiger partial charge in [0, 0.05) is 23.6 Å². The number of anilines is 1. The fourth-order valence-electron chi connectivity index (χ4n) is 3.82. The van der Waals surface area contributed by atoms with Gasteiger partial charge in [0.15, 0.2) is 0 Å². The summed E-state index contributed by atoms with van der Waals surface area (Å²) in [6, 6.07) is 16.1. The number of urea groups is 1. The fraction of sp³-hybridized carbons (Fsp3) is 0.286. The van der Waals surface area contributed by atoms with Crippen molar-refractivity contribution < 1.29 is 14.4 Å². The summed E-state index contributed by atoms with van der Waals surface area (Å²) in [5, 5.41) is 0. The Balaban J connectivity index is 1.42. The van der Waals surface area contributed by atoms with Crippen molar-refractivity contribution >= 4 is 39.5 Å². The molecule has 2 aromatic carbocycles. The molecule has 2 aromatic rings. The molecule has 0 radical (unpaired) electrons. The first-order chi connectivity index (χ1) is 13.6. The van der Waals surface area contributed by atoms with Crippen LogP contribution in [0.5, 0.6) is 0 Å². The summed E-state index contributed by atoms with van der Waals surface area (Å²) in [5.74, 6) is -0.219. The smallest absolute Gasteiger partial charge is 0.332 e. The summed E-state index contributed by atoms with van der Waals surface area (Å²) in [6.45, 7) is 1.22. The molecule has 144 valence electrons. The van der Waals surface area contributed by atoms with E-state index in [9.17, 15) is 14.4 Å². The van der Waals surface area contributed by atoms with E-state index in [4.69, 9.17) is 0 Å². The number of imide groups is 1. The van der Waals surface area contributed by atoms with Gasteiger partial charge in [0.2, 0.25) is 0 Å². The lowest BCUT2D eigenvalue weighted by atomic mass is 10.0. The molecule has 0 aliphatic carbocycles. The number of para-hydroxylation sites is 1. The van der Waals surface area contributed by atoms with E-state index in [1.165, 1.54) is 4.90 Å². The van der Waals surface area contributed by atoms with Crippen molar-refractivity contribution in [2.45, 2.75) is 18.9 Å². The monoisotopic (exact) mass is 441 g/mol. The van der Waals surface area contributed by atoms with Crippen LogP contribution in [-0.2, 0) is 4.79 Å². The van der Waals surface area contributed by atoms with Gasteiger partial charge in [0.25, 0.3) is 11.8 Å². The number of hydrogen-bond acceptors (Lipinski definition) is 3. The molecule has 0 spiro atoms. The molecular formula is C21H20BrN3O3. The first kappa shape index (κ1) is 18.7. The first-order valence-corrected chi connectivity index (χ1v) is 10.1. The number of likely N-dealkylation sites (tertiary alicyclic amines) is 1. The van der Waals surface area contributed by atoms with E-state index in [1.54, 1.807) is 23.1 Å². The molecular weight excluding hydrogens is 422 g/mol. The molecule has 0 saturated carbocycles. The molecule has 4 rings (SSSR count). The van der Waals surface area contributed by atoms with E-state index >= 15 is 0 Å². The molecule has 0 unspecified atom stereocenters. The zero-order valence-corrected chi connectivity index (χ0v) is 16.8. The molecule has 0 atom stereocenters. The lowest BCUT2D eigenvalue weighted by molar-refractivity contribution is -0.116. The van der Waals surface area contributed by atoms with Crippen molar-refractivity contribution in [2.24, 2.45) is 0 Å². The molecule has 4 amide bonds. The third-order valence-corrected chi connectivity index (χ3v) is 5.99. The number of carbonyl (C=O) groups excluding carboxylic acids is 3. The van der Waals surface area contributed by atoms with Crippen LogP contribution < -0.4 is 4.90 Å². The third-order valence-electron chi connectivity index (χ3n) is 5.30. The summed E-state index contributed by atoms with van der Waals surface area (Å²) in [6.07, 6.45) is 1.33. The summed E-state index contributed by atoms with van der Waals surface area (Å²) < 4.78 is 0.779. The van der Waals surface area contributed by atoms with E-state index in [1.807, 2.05) is 41.3 Å². The second-order valence-corrected chi connectivity index (χ2v) is 7.83. The number of carbonyl (C=O) groups is 3. The number of nitrogens with zero attached hydrogens (tertiary/aromatic N) is 3. The normalized spacial score (nSPS) is 18.1. The number of halogens is 1. The van der Waals surface area contributed by atoms with E-state index in [2.05, 4.69) is 15.9 Å². The third kappa shape index (κ3) is 3.42. The predicted molar refractivity (Wildman–Crippen MR) is 109 cm³/mol. The minimum atomic E-state index is -0.271. The topological polar surface area (TPSA) is 60.9 Å². The van der Waals surface area contributed by atoms with Gasteiger partial charge in [-0.05, 0) is 53.0 Å². The van der Waals surface area contributed by atoms with Gasteiger partial charge in [-0.25, -0.2) is 9.69 Å². The average Bonchev–Trinajstić information content (AvgIpc) is 3.02. The van der Waals surface area contributed by atoms with Gasteiger partial charge < -0.3 is 9.80 Å². The van der Waals surface area contributed by atoms with Gasteiger partial charge in [0.1, 0.15) is 6.54 Å². The molecule has 28 heavy (non-hydrogen) atoms. The van der Waals surface area contributed by atoms with Crippen LogP contribution in [0.2, 0.25) is 0 Å². The Morgan fingerprint density at radius 3 is 2.25 bits per heavy atom. The SMILES string of the molecule is O=C(c1ccccc1Br)N1CCC(N2CC(=O)N(c3ccccc3)C2=O)CC1. The number of rotatable bonds is 3. The van der Waals surface area contributed by atoms with Crippen molar-refractivity contribution in [3.8, 4) is 0 Å². The molecule has 2 fully saturated rings. The van der Waals surface area contributed by atoms with E-state index in [-0.39, 0.29) is 30.4 Å². The maximum atomic E-state index is 12.8. The maximum Gasteiger partial charge on any atom is 0.332 e. The van der Waals surface area contributed by atoms with E-state index in [0.717, 1.165) is 4.47 Å². The Kier molecular flexibility index (Phi) is 5.17. The number of hydrogen-bond donors (Lipinski definition) is 0. The Labute approximate surface area is 171 Å². The van der Waals surface area contributed by atoms with Crippen LogP contribution in [0.3, 0.4) is 0 Å². The highest BCUT2D eigenvalue weighted by Crippen LogP contribution is 2.27. The second-order valence-electron chi connectivity index (χ2n) is 6.98. The average molecular weight is 442 g/mol. The Morgan fingerprint density at radius 2 is 1.57 bits per heavy atom.